The van der Waals surface area contributed by atoms with E-state index in [0.717, 1.165) is 24.4 Å². The molecule has 2 rings (SSSR count). The van der Waals surface area contributed by atoms with E-state index < -0.39 is 0 Å². The number of methoxy groups -OCH3 is 1. The molecule has 19 heavy (non-hydrogen) atoms. The molecule has 1 N–H and O–H groups in total. The van der Waals surface area contributed by atoms with Gasteiger partial charge in [-0.25, -0.2) is 4.98 Å². The van der Waals surface area contributed by atoms with Crippen molar-refractivity contribution in [2.24, 2.45) is 0 Å². The van der Waals surface area contributed by atoms with Crippen LogP contribution in [0.5, 0.6) is 5.75 Å². The van der Waals surface area contributed by atoms with E-state index in [1.54, 1.807) is 13.3 Å². The fourth-order valence-corrected chi connectivity index (χ4v) is 2.13. The normalized spacial score (nSPS) is 10.3. The molecule has 0 aliphatic rings. The molecule has 2 aromatic rings. The Balaban J connectivity index is 1.97. The fraction of sp³-hybridized carbons (Fsp3) is 0.267. The summed E-state index contributed by atoms with van der Waals surface area (Å²) in [7, 11) is 1.70. The lowest BCUT2D eigenvalue weighted by Crippen LogP contribution is -2.06. The monoisotopic (exact) mass is 276 g/mol. The molecule has 3 nitrogen and oxygen atoms in total. The number of nitrogens with zero attached hydrogens (tertiary/aromatic N) is 1. The first-order valence-corrected chi connectivity index (χ1v) is 6.56. The summed E-state index contributed by atoms with van der Waals surface area (Å²) in [4.78, 5) is 3.95. The van der Waals surface area contributed by atoms with Gasteiger partial charge in [-0.2, -0.15) is 0 Å². The number of rotatable bonds is 5. The molecule has 0 bridgehead atoms. The number of nitrogens with one attached hydrogen (secondary N) is 1. The highest BCUT2D eigenvalue weighted by atomic mass is 35.5. The zero-order chi connectivity index (χ0) is 13.7. The molecule has 0 amide bonds. The van der Waals surface area contributed by atoms with Crippen molar-refractivity contribution < 1.29 is 4.74 Å². The van der Waals surface area contributed by atoms with Crippen molar-refractivity contribution in [2.75, 3.05) is 19.0 Å². The van der Waals surface area contributed by atoms with E-state index in [1.807, 2.05) is 18.2 Å². The molecular formula is C15H17ClN2O. The van der Waals surface area contributed by atoms with Crippen molar-refractivity contribution in [3.05, 3.63) is 52.8 Å². The number of halogens is 1. The highest BCUT2D eigenvalue weighted by Crippen LogP contribution is 2.20. The Morgan fingerprint density at radius 3 is 2.84 bits per heavy atom. The van der Waals surface area contributed by atoms with E-state index in [4.69, 9.17) is 16.3 Å². The van der Waals surface area contributed by atoms with Crippen molar-refractivity contribution in [3.8, 4) is 5.75 Å². The van der Waals surface area contributed by atoms with Gasteiger partial charge in [0.05, 0.1) is 7.11 Å². The van der Waals surface area contributed by atoms with Crippen LogP contribution in [-0.4, -0.2) is 18.6 Å². The van der Waals surface area contributed by atoms with Gasteiger partial charge in [-0.05, 0) is 37.1 Å². The average Bonchev–Trinajstić information content (AvgIpc) is 2.39. The van der Waals surface area contributed by atoms with Gasteiger partial charge in [0.2, 0.25) is 0 Å². The molecule has 1 aromatic carbocycles. The molecule has 0 saturated heterocycles. The van der Waals surface area contributed by atoms with Crippen molar-refractivity contribution in [1.82, 2.24) is 4.98 Å². The molecule has 0 atom stereocenters. The Labute approximate surface area is 118 Å². The van der Waals surface area contributed by atoms with Crippen LogP contribution >= 0.6 is 11.6 Å². The Bertz CT molecular complexity index is 558. The van der Waals surface area contributed by atoms with Crippen molar-refractivity contribution in [3.63, 3.8) is 0 Å². The fourth-order valence-electron chi connectivity index (χ4n) is 1.96. The zero-order valence-electron chi connectivity index (χ0n) is 11.1. The molecule has 0 unspecified atom stereocenters. The lowest BCUT2D eigenvalue weighted by atomic mass is 10.1. The van der Waals surface area contributed by atoms with Crippen LogP contribution < -0.4 is 10.1 Å². The number of aryl methyl sites for hydroxylation is 1. The second-order valence-electron chi connectivity index (χ2n) is 4.36. The van der Waals surface area contributed by atoms with Crippen LogP contribution in [0, 0.1) is 6.92 Å². The Hall–Kier alpha value is -1.74. The van der Waals surface area contributed by atoms with Crippen LogP contribution in [0.25, 0.3) is 0 Å². The van der Waals surface area contributed by atoms with Gasteiger partial charge < -0.3 is 10.1 Å². The first-order valence-electron chi connectivity index (χ1n) is 6.18. The number of hydrogen-bond donors (Lipinski definition) is 1. The van der Waals surface area contributed by atoms with Crippen LogP contribution in [0.4, 0.5) is 5.69 Å². The predicted octanol–water partition coefficient (Wildman–Crippen LogP) is 3.71. The number of anilines is 1. The van der Waals surface area contributed by atoms with Gasteiger partial charge in [0.25, 0.3) is 0 Å². The summed E-state index contributed by atoms with van der Waals surface area (Å²) in [6.45, 7) is 2.90. The van der Waals surface area contributed by atoms with Crippen LogP contribution in [0.15, 0.2) is 36.5 Å². The van der Waals surface area contributed by atoms with Gasteiger partial charge in [0.1, 0.15) is 10.9 Å². The third kappa shape index (κ3) is 3.86. The van der Waals surface area contributed by atoms with Gasteiger partial charge in [-0.1, -0.05) is 29.3 Å². The molecule has 4 heteroatoms. The molecule has 0 saturated carbocycles. The minimum absolute atomic E-state index is 0.498. The maximum absolute atomic E-state index is 5.84. The van der Waals surface area contributed by atoms with Crippen LogP contribution in [0.3, 0.4) is 0 Å². The lowest BCUT2D eigenvalue weighted by Gasteiger charge is -2.11. The third-order valence-electron chi connectivity index (χ3n) is 2.89. The van der Waals surface area contributed by atoms with Gasteiger partial charge in [-0.15, -0.1) is 0 Å². The second kappa shape index (κ2) is 6.43. The quantitative estimate of drug-likeness (QED) is 0.846. The largest absolute Gasteiger partial charge is 0.496 e. The average molecular weight is 277 g/mol. The molecule has 1 heterocycles. The summed E-state index contributed by atoms with van der Waals surface area (Å²) < 4.78 is 5.36. The van der Waals surface area contributed by atoms with Crippen LogP contribution in [-0.2, 0) is 6.42 Å². The Morgan fingerprint density at radius 2 is 2.11 bits per heavy atom. The maximum Gasteiger partial charge on any atom is 0.131 e. The minimum atomic E-state index is 0.498. The van der Waals surface area contributed by atoms with Gasteiger partial charge in [0.15, 0.2) is 0 Å². The van der Waals surface area contributed by atoms with Crippen molar-refractivity contribution >= 4 is 17.3 Å². The molecular weight excluding hydrogens is 260 g/mol. The SMILES string of the molecule is COc1ccc(C)cc1CCNc1ccnc(Cl)c1. The van der Waals surface area contributed by atoms with E-state index in [-0.39, 0.29) is 0 Å². The minimum Gasteiger partial charge on any atom is -0.496 e. The van der Waals surface area contributed by atoms with Gasteiger partial charge in [0, 0.05) is 18.4 Å². The number of ether oxygens (including phenoxy) is 1. The van der Waals surface area contributed by atoms with E-state index in [9.17, 15) is 0 Å². The number of aromatic nitrogens is 1. The first-order chi connectivity index (χ1) is 9.19. The Morgan fingerprint density at radius 1 is 1.26 bits per heavy atom. The maximum atomic E-state index is 5.84. The number of benzene rings is 1. The number of pyridine rings is 1. The summed E-state index contributed by atoms with van der Waals surface area (Å²) in [5, 5.41) is 3.82. The standard InChI is InChI=1S/C15H17ClN2O/c1-11-3-4-14(19-2)12(9-11)5-7-17-13-6-8-18-15(16)10-13/h3-4,6,8-10H,5,7H2,1-2H3,(H,17,18). The molecule has 0 fully saturated rings. The second-order valence-corrected chi connectivity index (χ2v) is 4.75. The van der Waals surface area contributed by atoms with Gasteiger partial charge >= 0.3 is 0 Å². The smallest absolute Gasteiger partial charge is 0.131 e. The summed E-state index contributed by atoms with van der Waals surface area (Å²) >= 11 is 5.84. The van der Waals surface area contributed by atoms with Crippen LogP contribution in [0.2, 0.25) is 5.15 Å². The summed E-state index contributed by atoms with van der Waals surface area (Å²) in [5.74, 6) is 0.931. The third-order valence-corrected chi connectivity index (χ3v) is 3.09. The Kier molecular flexibility index (Phi) is 4.63. The van der Waals surface area contributed by atoms with Crippen molar-refractivity contribution in [1.29, 1.82) is 0 Å². The molecule has 0 aliphatic carbocycles. The van der Waals surface area contributed by atoms with Gasteiger partial charge in [-0.3, -0.25) is 0 Å². The van der Waals surface area contributed by atoms with E-state index in [0.29, 0.717) is 5.15 Å². The summed E-state index contributed by atoms with van der Waals surface area (Å²) in [6, 6.07) is 9.93. The van der Waals surface area contributed by atoms with Crippen LogP contribution in [0.1, 0.15) is 11.1 Å². The van der Waals surface area contributed by atoms with E-state index in [1.165, 1.54) is 11.1 Å². The van der Waals surface area contributed by atoms with Crippen molar-refractivity contribution in [2.45, 2.75) is 13.3 Å². The summed E-state index contributed by atoms with van der Waals surface area (Å²) in [5.41, 5.74) is 3.42. The zero-order valence-corrected chi connectivity index (χ0v) is 11.9. The number of hydrogen-bond acceptors (Lipinski definition) is 3. The van der Waals surface area contributed by atoms with E-state index >= 15 is 0 Å². The highest BCUT2D eigenvalue weighted by Gasteiger charge is 2.03. The highest BCUT2D eigenvalue weighted by molar-refractivity contribution is 6.29. The molecule has 100 valence electrons. The summed E-state index contributed by atoms with van der Waals surface area (Å²) in [6.07, 6.45) is 2.59. The molecule has 0 radical (unpaired) electrons. The predicted molar refractivity (Wildman–Crippen MR) is 79.2 cm³/mol. The lowest BCUT2D eigenvalue weighted by molar-refractivity contribution is 0.410. The topological polar surface area (TPSA) is 34.1 Å². The van der Waals surface area contributed by atoms with E-state index in [2.05, 4.69) is 29.4 Å². The molecule has 1 aromatic heterocycles. The molecule has 0 aliphatic heterocycles. The first kappa shape index (κ1) is 13.7. The molecule has 0 spiro atoms.